The maximum atomic E-state index is 12.5. The number of nitrogens with one attached hydrogen (secondary N) is 2. The van der Waals surface area contributed by atoms with Gasteiger partial charge in [-0.15, -0.1) is 0 Å². The smallest absolute Gasteiger partial charge is 0.329 e. The molecule has 8 nitrogen and oxygen atoms in total. The number of anilines is 1. The lowest BCUT2D eigenvalue weighted by atomic mass is 10.1. The molecule has 2 atom stereocenters. The molecule has 0 radical (unpaired) electrons. The highest BCUT2D eigenvalue weighted by Gasteiger charge is 2.28. The van der Waals surface area contributed by atoms with E-state index in [-0.39, 0.29) is 11.7 Å². The third-order valence-electron chi connectivity index (χ3n) is 3.23. The van der Waals surface area contributed by atoms with Gasteiger partial charge in [-0.3, -0.25) is 9.59 Å². The molecule has 2 N–H and O–H groups in total. The molecule has 8 heteroatoms. The Morgan fingerprint density at radius 3 is 2.44 bits per heavy atom. The highest BCUT2D eigenvalue weighted by atomic mass is 16.5. The van der Waals surface area contributed by atoms with Gasteiger partial charge in [0, 0.05) is 18.6 Å². The van der Waals surface area contributed by atoms with Crippen molar-refractivity contribution >= 4 is 23.6 Å². The molecule has 0 aliphatic heterocycles. The number of carbonyl (C=O) groups excluding carboxylic acids is 3. The second-order valence-corrected chi connectivity index (χ2v) is 5.46. The molecule has 2 aromatic rings. The highest BCUT2D eigenvalue weighted by molar-refractivity contribution is 5.95. The Morgan fingerprint density at radius 1 is 1.20 bits per heavy atom. The number of aromatic nitrogens is 1. The zero-order valence-electron chi connectivity index (χ0n) is 14.1. The van der Waals surface area contributed by atoms with E-state index in [9.17, 15) is 14.4 Å². The fraction of sp³-hybridized carbons (Fsp3) is 0.294. The molecule has 2 rings (SSSR count). The Balaban J connectivity index is 2.17. The second-order valence-electron chi connectivity index (χ2n) is 5.46. The molecule has 0 fully saturated rings. The Hall–Kier alpha value is -3.16. The summed E-state index contributed by atoms with van der Waals surface area (Å²) in [4.78, 5) is 35.8. The van der Waals surface area contributed by atoms with Gasteiger partial charge in [0.25, 0.3) is 5.91 Å². The number of hydrogen-bond donors (Lipinski definition) is 2. The van der Waals surface area contributed by atoms with Crippen LogP contribution in [0.2, 0.25) is 0 Å². The van der Waals surface area contributed by atoms with E-state index in [4.69, 9.17) is 9.26 Å². The molecule has 0 aliphatic rings. The van der Waals surface area contributed by atoms with E-state index >= 15 is 0 Å². The van der Waals surface area contributed by atoms with Crippen LogP contribution in [0, 0.1) is 6.92 Å². The quantitative estimate of drug-likeness (QED) is 0.772. The lowest BCUT2D eigenvalue weighted by Gasteiger charge is -2.20. The average molecular weight is 345 g/mol. The van der Waals surface area contributed by atoms with E-state index in [1.165, 1.54) is 13.8 Å². The first-order valence-corrected chi connectivity index (χ1v) is 7.63. The summed E-state index contributed by atoms with van der Waals surface area (Å²) in [5.41, 5.74) is 0.489. The van der Waals surface area contributed by atoms with Crippen molar-refractivity contribution in [1.29, 1.82) is 0 Å². The standard InChI is InChI=1S/C17H19N3O5/c1-10-9-14(20-25-10)19-16(22)15(13-7-5-4-6-8-13)24-17(23)11(2)18-12(3)21/h4-9,11,15H,1-3H3,(H,18,21)(H,19,20,22)/t11-,15-/m0/s1. The predicted octanol–water partition coefficient (Wildman–Crippen LogP) is 1.73. The molecule has 0 unspecified atom stereocenters. The minimum Gasteiger partial charge on any atom is -0.446 e. The van der Waals surface area contributed by atoms with Crippen molar-refractivity contribution < 1.29 is 23.6 Å². The molecule has 1 aromatic carbocycles. The first kappa shape index (κ1) is 18.2. The van der Waals surface area contributed by atoms with Crippen molar-refractivity contribution in [2.45, 2.75) is 32.9 Å². The largest absolute Gasteiger partial charge is 0.446 e. The molecule has 132 valence electrons. The maximum Gasteiger partial charge on any atom is 0.329 e. The lowest BCUT2D eigenvalue weighted by molar-refractivity contribution is -0.157. The Bertz CT molecular complexity index is 757. The van der Waals surface area contributed by atoms with Crippen molar-refractivity contribution in [2.75, 3.05) is 5.32 Å². The molecule has 1 heterocycles. The lowest BCUT2D eigenvalue weighted by Crippen LogP contribution is -2.40. The van der Waals surface area contributed by atoms with E-state index in [1.807, 2.05) is 0 Å². The van der Waals surface area contributed by atoms with Gasteiger partial charge in [-0.1, -0.05) is 35.5 Å². The Labute approximate surface area is 144 Å². The van der Waals surface area contributed by atoms with Gasteiger partial charge in [0.1, 0.15) is 11.8 Å². The monoisotopic (exact) mass is 345 g/mol. The Morgan fingerprint density at radius 2 is 1.88 bits per heavy atom. The van der Waals surface area contributed by atoms with Gasteiger partial charge in [-0.2, -0.15) is 0 Å². The van der Waals surface area contributed by atoms with Gasteiger partial charge in [-0.25, -0.2) is 4.79 Å². The molecule has 0 aliphatic carbocycles. The summed E-state index contributed by atoms with van der Waals surface area (Å²) in [6.45, 7) is 4.45. The number of amides is 2. The van der Waals surface area contributed by atoms with Crippen LogP contribution in [0.5, 0.6) is 0 Å². The van der Waals surface area contributed by atoms with E-state index in [1.54, 1.807) is 43.3 Å². The summed E-state index contributed by atoms with van der Waals surface area (Å²) < 4.78 is 10.2. The van der Waals surface area contributed by atoms with E-state index in [2.05, 4.69) is 15.8 Å². The molecule has 0 saturated heterocycles. The van der Waals surface area contributed by atoms with Crippen LogP contribution in [0.3, 0.4) is 0 Å². The summed E-state index contributed by atoms with van der Waals surface area (Å²) in [7, 11) is 0. The van der Waals surface area contributed by atoms with Crippen molar-refractivity contribution in [3.05, 3.63) is 47.7 Å². The fourth-order valence-electron chi connectivity index (χ4n) is 2.10. The number of carbonyl (C=O) groups is 3. The first-order chi connectivity index (χ1) is 11.9. The number of hydrogen-bond acceptors (Lipinski definition) is 6. The Kier molecular flexibility index (Phi) is 5.89. The van der Waals surface area contributed by atoms with Gasteiger partial charge in [-0.05, 0) is 13.8 Å². The minimum absolute atomic E-state index is 0.217. The number of ether oxygens (including phenoxy) is 1. The number of benzene rings is 1. The van der Waals surface area contributed by atoms with Crippen molar-refractivity contribution in [1.82, 2.24) is 10.5 Å². The summed E-state index contributed by atoms with van der Waals surface area (Å²) >= 11 is 0. The number of aryl methyl sites for hydroxylation is 1. The van der Waals surface area contributed by atoms with Crippen LogP contribution < -0.4 is 10.6 Å². The third kappa shape index (κ3) is 5.17. The molecule has 0 spiro atoms. The maximum absolute atomic E-state index is 12.5. The normalized spacial score (nSPS) is 12.8. The molecular formula is C17H19N3O5. The van der Waals surface area contributed by atoms with Gasteiger partial charge in [0.2, 0.25) is 12.0 Å². The van der Waals surface area contributed by atoms with Crippen molar-refractivity contribution in [2.24, 2.45) is 0 Å². The van der Waals surface area contributed by atoms with Crippen LogP contribution in [0.4, 0.5) is 5.82 Å². The molecule has 1 aromatic heterocycles. The van der Waals surface area contributed by atoms with Crippen LogP contribution in [0.1, 0.15) is 31.3 Å². The summed E-state index contributed by atoms with van der Waals surface area (Å²) in [5, 5.41) is 8.64. The van der Waals surface area contributed by atoms with Crippen LogP contribution >= 0.6 is 0 Å². The minimum atomic E-state index is -1.19. The van der Waals surface area contributed by atoms with Crippen LogP contribution in [0.25, 0.3) is 0 Å². The van der Waals surface area contributed by atoms with Crippen LogP contribution in [-0.4, -0.2) is 29.0 Å². The zero-order chi connectivity index (χ0) is 18.4. The van der Waals surface area contributed by atoms with Crippen LogP contribution in [-0.2, 0) is 19.1 Å². The predicted molar refractivity (Wildman–Crippen MR) is 88.4 cm³/mol. The molecule has 0 saturated carbocycles. The topological polar surface area (TPSA) is 111 Å². The van der Waals surface area contributed by atoms with Crippen molar-refractivity contribution in [3.63, 3.8) is 0 Å². The van der Waals surface area contributed by atoms with E-state index < -0.39 is 24.0 Å². The zero-order valence-corrected chi connectivity index (χ0v) is 14.1. The second kappa shape index (κ2) is 8.09. The molecule has 0 bridgehead atoms. The fourth-order valence-corrected chi connectivity index (χ4v) is 2.10. The van der Waals surface area contributed by atoms with Gasteiger partial charge >= 0.3 is 5.97 Å². The third-order valence-corrected chi connectivity index (χ3v) is 3.23. The first-order valence-electron chi connectivity index (χ1n) is 7.63. The number of nitrogens with zero attached hydrogens (tertiary/aromatic N) is 1. The van der Waals surface area contributed by atoms with Crippen LogP contribution in [0.15, 0.2) is 40.9 Å². The van der Waals surface area contributed by atoms with Crippen molar-refractivity contribution in [3.8, 4) is 0 Å². The van der Waals surface area contributed by atoms with Gasteiger partial charge in [0.15, 0.2) is 5.82 Å². The van der Waals surface area contributed by atoms with Gasteiger partial charge < -0.3 is 19.9 Å². The van der Waals surface area contributed by atoms with Gasteiger partial charge in [0.05, 0.1) is 0 Å². The summed E-state index contributed by atoms with van der Waals surface area (Å²) in [6, 6.07) is 9.21. The highest BCUT2D eigenvalue weighted by Crippen LogP contribution is 2.20. The molecule has 25 heavy (non-hydrogen) atoms. The number of rotatable bonds is 6. The SMILES string of the molecule is CC(=O)N[C@@H](C)C(=O)O[C@H](C(=O)Nc1cc(C)on1)c1ccccc1. The van der Waals surface area contributed by atoms with E-state index in [0.29, 0.717) is 11.3 Å². The summed E-state index contributed by atoms with van der Waals surface area (Å²) in [6.07, 6.45) is -1.19. The average Bonchev–Trinajstić information content (AvgIpc) is 2.97. The number of esters is 1. The molecule has 2 amide bonds. The molecular weight excluding hydrogens is 326 g/mol. The summed E-state index contributed by atoms with van der Waals surface area (Å²) in [5.74, 6) is -0.932. The van der Waals surface area contributed by atoms with E-state index in [0.717, 1.165) is 0 Å².